The molecule has 7 heteroatoms. The zero-order valence-electron chi connectivity index (χ0n) is 12.8. The number of imidazole rings is 1. The Morgan fingerprint density at radius 3 is 3.19 bits per heavy atom. The van der Waals surface area contributed by atoms with E-state index in [1.54, 1.807) is 0 Å². The molecule has 2 aromatic rings. The molecule has 1 unspecified atom stereocenters. The predicted molar refractivity (Wildman–Crippen MR) is 78.5 cm³/mol. The molecule has 3 heterocycles. The van der Waals surface area contributed by atoms with Crippen LogP contribution in [0.5, 0.6) is 0 Å². The Hall–Kier alpha value is -1.76. The number of tetrazole rings is 1. The van der Waals surface area contributed by atoms with Crippen molar-refractivity contribution in [1.82, 2.24) is 34.7 Å². The first-order chi connectivity index (χ1) is 10.3. The summed E-state index contributed by atoms with van der Waals surface area (Å²) in [5, 5.41) is 12.0. The summed E-state index contributed by atoms with van der Waals surface area (Å²) in [7, 11) is 2.15. The summed E-state index contributed by atoms with van der Waals surface area (Å²) < 4.78 is 4.19. The van der Waals surface area contributed by atoms with Gasteiger partial charge in [-0.05, 0) is 36.2 Å². The Bertz CT molecular complexity index is 573. The SMILES string of the molecule is CCCn1nnnc1CN(C)CC1CCc2nccn2C1. The normalized spacial score (nSPS) is 18.1. The van der Waals surface area contributed by atoms with E-state index in [4.69, 9.17) is 0 Å². The molecular formula is C14H23N7. The summed E-state index contributed by atoms with van der Waals surface area (Å²) in [5.41, 5.74) is 0. The van der Waals surface area contributed by atoms with E-state index in [0.717, 1.165) is 44.8 Å². The molecule has 1 aliphatic heterocycles. The minimum Gasteiger partial charge on any atom is -0.335 e. The van der Waals surface area contributed by atoms with E-state index in [2.05, 4.69) is 50.1 Å². The standard InChI is InChI=1S/C14H23N7/c1-3-7-21-14(16-17-18-21)11-19(2)9-12-4-5-13-15-6-8-20(13)10-12/h6,8,12H,3-5,7,9-11H2,1-2H3. The maximum atomic E-state index is 4.38. The van der Waals surface area contributed by atoms with Crippen LogP contribution in [0.1, 0.15) is 31.4 Å². The molecule has 0 fully saturated rings. The molecule has 0 amide bonds. The smallest absolute Gasteiger partial charge is 0.165 e. The quantitative estimate of drug-likeness (QED) is 0.793. The van der Waals surface area contributed by atoms with Crippen molar-refractivity contribution in [3.8, 4) is 0 Å². The lowest BCUT2D eigenvalue weighted by atomic mass is 9.99. The second-order valence-electron chi connectivity index (χ2n) is 5.92. The lowest BCUT2D eigenvalue weighted by molar-refractivity contribution is 0.222. The van der Waals surface area contributed by atoms with Gasteiger partial charge in [-0.3, -0.25) is 4.90 Å². The minimum atomic E-state index is 0.673. The van der Waals surface area contributed by atoms with Crippen molar-refractivity contribution in [3.63, 3.8) is 0 Å². The number of nitrogens with zero attached hydrogens (tertiary/aromatic N) is 7. The van der Waals surface area contributed by atoms with Crippen LogP contribution in [0.15, 0.2) is 12.4 Å². The highest BCUT2D eigenvalue weighted by Crippen LogP contribution is 2.19. The van der Waals surface area contributed by atoms with Crippen molar-refractivity contribution in [2.75, 3.05) is 13.6 Å². The van der Waals surface area contributed by atoms with Crippen LogP contribution in [-0.2, 0) is 26.1 Å². The second-order valence-corrected chi connectivity index (χ2v) is 5.92. The Kier molecular flexibility index (Phi) is 4.28. The number of hydrogen-bond donors (Lipinski definition) is 0. The topological polar surface area (TPSA) is 64.7 Å². The molecule has 0 aliphatic carbocycles. The lowest BCUT2D eigenvalue weighted by Crippen LogP contribution is -2.32. The Balaban J connectivity index is 1.55. The zero-order chi connectivity index (χ0) is 14.7. The molecule has 0 N–H and O–H groups in total. The van der Waals surface area contributed by atoms with Crippen LogP contribution in [0, 0.1) is 5.92 Å². The zero-order valence-corrected chi connectivity index (χ0v) is 12.8. The molecule has 21 heavy (non-hydrogen) atoms. The highest BCUT2D eigenvalue weighted by molar-refractivity contribution is 4.97. The Morgan fingerprint density at radius 1 is 1.43 bits per heavy atom. The number of aryl methyl sites for hydroxylation is 2. The van der Waals surface area contributed by atoms with Gasteiger partial charge in [-0.25, -0.2) is 9.67 Å². The second kappa shape index (κ2) is 6.34. The average Bonchev–Trinajstić information content (AvgIpc) is 3.08. The van der Waals surface area contributed by atoms with E-state index in [-0.39, 0.29) is 0 Å². The highest BCUT2D eigenvalue weighted by atomic mass is 15.5. The van der Waals surface area contributed by atoms with Crippen LogP contribution >= 0.6 is 0 Å². The summed E-state index contributed by atoms with van der Waals surface area (Å²) in [6.07, 6.45) is 7.33. The average molecular weight is 289 g/mol. The molecule has 0 saturated heterocycles. The number of fused-ring (bicyclic) bond motifs is 1. The molecule has 1 atom stereocenters. The molecule has 114 valence electrons. The van der Waals surface area contributed by atoms with Gasteiger partial charge in [0.2, 0.25) is 0 Å². The molecule has 2 aromatic heterocycles. The molecular weight excluding hydrogens is 266 g/mol. The van der Waals surface area contributed by atoms with Crippen LogP contribution in [0.25, 0.3) is 0 Å². The van der Waals surface area contributed by atoms with Crippen molar-refractivity contribution < 1.29 is 0 Å². The van der Waals surface area contributed by atoms with Gasteiger partial charge in [-0.2, -0.15) is 0 Å². The monoisotopic (exact) mass is 289 g/mol. The fourth-order valence-corrected chi connectivity index (χ4v) is 3.05. The van der Waals surface area contributed by atoms with Crippen molar-refractivity contribution in [2.45, 2.75) is 45.8 Å². The van der Waals surface area contributed by atoms with Crippen molar-refractivity contribution in [3.05, 3.63) is 24.0 Å². The van der Waals surface area contributed by atoms with Crippen molar-refractivity contribution >= 4 is 0 Å². The van der Waals surface area contributed by atoms with E-state index in [0.29, 0.717) is 5.92 Å². The first kappa shape index (κ1) is 14.2. The highest BCUT2D eigenvalue weighted by Gasteiger charge is 2.20. The predicted octanol–water partition coefficient (Wildman–Crippen LogP) is 0.974. The van der Waals surface area contributed by atoms with Gasteiger partial charge in [-0.15, -0.1) is 5.10 Å². The van der Waals surface area contributed by atoms with E-state index in [9.17, 15) is 0 Å². The molecule has 1 aliphatic rings. The van der Waals surface area contributed by atoms with E-state index >= 15 is 0 Å². The molecule has 0 aromatic carbocycles. The molecule has 0 radical (unpaired) electrons. The molecule has 0 spiro atoms. The Labute approximate surface area is 125 Å². The summed E-state index contributed by atoms with van der Waals surface area (Å²) in [4.78, 5) is 6.71. The maximum absolute atomic E-state index is 4.38. The molecule has 0 bridgehead atoms. The van der Waals surface area contributed by atoms with Crippen LogP contribution < -0.4 is 0 Å². The number of aromatic nitrogens is 6. The molecule has 0 saturated carbocycles. The lowest BCUT2D eigenvalue weighted by Gasteiger charge is -2.27. The third-order valence-corrected chi connectivity index (χ3v) is 4.06. The number of rotatable bonds is 6. The number of hydrogen-bond acceptors (Lipinski definition) is 5. The van der Waals surface area contributed by atoms with Gasteiger partial charge in [0.15, 0.2) is 5.82 Å². The molecule has 3 rings (SSSR count). The first-order valence-electron chi connectivity index (χ1n) is 7.70. The maximum Gasteiger partial charge on any atom is 0.165 e. The van der Waals surface area contributed by atoms with Gasteiger partial charge in [0, 0.05) is 38.4 Å². The summed E-state index contributed by atoms with van der Waals surface area (Å²) in [6.45, 7) is 5.97. The van der Waals surface area contributed by atoms with Crippen LogP contribution in [0.4, 0.5) is 0 Å². The van der Waals surface area contributed by atoms with Gasteiger partial charge < -0.3 is 4.57 Å². The van der Waals surface area contributed by atoms with Gasteiger partial charge in [0.25, 0.3) is 0 Å². The van der Waals surface area contributed by atoms with Gasteiger partial charge >= 0.3 is 0 Å². The van der Waals surface area contributed by atoms with Crippen molar-refractivity contribution in [1.29, 1.82) is 0 Å². The van der Waals surface area contributed by atoms with E-state index in [1.807, 2.05) is 10.9 Å². The summed E-state index contributed by atoms with van der Waals surface area (Å²) in [6, 6.07) is 0. The van der Waals surface area contributed by atoms with Crippen LogP contribution in [0.3, 0.4) is 0 Å². The summed E-state index contributed by atoms with van der Waals surface area (Å²) in [5.74, 6) is 2.85. The van der Waals surface area contributed by atoms with E-state index in [1.165, 1.54) is 12.2 Å². The fourth-order valence-electron chi connectivity index (χ4n) is 3.05. The van der Waals surface area contributed by atoms with Gasteiger partial charge in [0.05, 0.1) is 6.54 Å². The van der Waals surface area contributed by atoms with Gasteiger partial charge in [0.1, 0.15) is 5.82 Å². The molecule has 7 nitrogen and oxygen atoms in total. The van der Waals surface area contributed by atoms with Gasteiger partial charge in [-0.1, -0.05) is 6.92 Å². The first-order valence-corrected chi connectivity index (χ1v) is 7.70. The Morgan fingerprint density at radius 2 is 2.33 bits per heavy atom. The van der Waals surface area contributed by atoms with Crippen molar-refractivity contribution in [2.24, 2.45) is 5.92 Å². The van der Waals surface area contributed by atoms with Crippen LogP contribution in [-0.4, -0.2) is 48.3 Å². The third-order valence-electron chi connectivity index (χ3n) is 4.06. The summed E-state index contributed by atoms with van der Waals surface area (Å²) >= 11 is 0. The third kappa shape index (κ3) is 3.29. The fraction of sp³-hybridized carbons (Fsp3) is 0.714. The van der Waals surface area contributed by atoms with Crippen LogP contribution in [0.2, 0.25) is 0 Å². The van der Waals surface area contributed by atoms with E-state index < -0.39 is 0 Å². The largest absolute Gasteiger partial charge is 0.335 e. The minimum absolute atomic E-state index is 0.673.